The largest absolute Gasteiger partial charge is 0.465 e. The lowest BCUT2D eigenvalue weighted by Crippen LogP contribution is -2.41. The molecule has 0 unspecified atom stereocenters. The number of esters is 1. The fourth-order valence-electron chi connectivity index (χ4n) is 3.70. The Morgan fingerprint density at radius 2 is 1.61 bits per heavy atom. The van der Waals surface area contributed by atoms with E-state index in [9.17, 15) is 14.4 Å². The SMILES string of the molecule is COC(=O)c1ccc(C(=O)Nc2sc(-c3ccccc3)c(C)c2C(=O)N2CCOCC2)cc1. The summed E-state index contributed by atoms with van der Waals surface area (Å²) in [7, 11) is 1.30. The molecule has 0 atom stereocenters. The van der Waals surface area contributed by atoms with E-state index in [1.807, 2.05) is 37.3 Å². The van der Waals surface area contributed by atoms with Gasteiger partial charge in [0.05, 0.1) is 31.5 Å². The third kappa shape index (κ3) is 4.81. The predicted molar refractivity (Wildman–Crippen MR) is 127 cm³/mol. The molecular formula is C25H24N2O5S. The number of rotatable bonds is 5. The Labute approximate surface area is 195 Å². The molecule has 2 aromatic carbocycles. The summed E-state index contributed by atoms with van der Waals surface area (Å²) in [6.07, 6.45) is 0. The smallest absolute Gasteiger partial charge is 0.337 e. The van der Waals surface area contributed by atoms with Crippen molar-refractivity contribution in [1.82, 2.24) is 4.90 Å². The number of amides is 2. The van der Waals surface area contributed by atoms with Gasteiger partial charge in [0.25, 0.3) is 11.8 Å². The Kier molecular flexibility index (Phi) is 6.86. The van der Waals surface area contributed by atoms with Crippen molar-refractivity contribution in [3.05, 3.63) is 76.9 Å². The number of hydrogen-bond donors (Lipinski definition) is 1. The van der Waals surface area contributed by atoms with Gasteiger partial charge >= 0.3 is 5.97 Å². The number of morpholine rings is 1. The Morgan fingerprint density at radius 3 is 2.24 bits per heavy atom. The van der Waals surface area contributed by atoms with Crippen LogP contribution in [0, 0.1) is 6.92 Å². The van der Waals surface area contributed by atoms with Crippen LogP contribution in [0.4, 0.5) is 5.00 Å². The molecule has 1 fully saturated rings. The highest BCUT2D eigenvalue weighted by Crippen LogP contribution is 2.40. The zero-order chi connectivity index (χ0) is 23.4. The van der Waals surface area contributed by atoms with Crippen molar-refractivity contribution in [2.45, 2.75) is 6.92 Å². The maximum absolute atomic E-state index is 13.4. The van der Waals surface area contributed by atoms with E-state index in [0.717, 1.165) is 16.0 Å². The van der Waals surface area contributed by atoms with Crippen molar-refractivity contribution >= 4 is 34.1 Å². The third-order valence-electron chi connectivity index (χ3n) is 5.49. The molecule has 0 saturated carbocycles. The first-order chi connectivity index (χ1) is 16.0. The van der Waals surface area contributed by atoms with E-state index in [-0.39, 0.29) is 11.8 Å². The lowest BCUT2D eigenvalue weighted by Gasteiger charge is -2.27. The predicted octanol–water partition coefficient (Wildman–Crippen LogP) is 4.23. The van der Waals surface area contributed by atoms with Gasteiger partial charge in [0.1, 0.15) is 5.00 Å². The average Bonchev–Trinajstić information content (AvgIpc) is 3.19. The fraction of sp³-hybridized carbons (Fsp3) is 0.240. The van der Waals surface area contributed by atoms with Crippen LogP contribution in [0.5, 0.6) is 0 Å². The fourth-order valence-corrected chi connectivity index (χ4v) is 4.90. The molecule has 8 heteroatoms. The summed E-state index contributed by atoms with van der Waals surface area (Å²) in [5.41, 5.74) is 3.05. The van der Waals surface area contributed by atoms with Crippen molar-refractivity contribution in [3.63, 3.8) is 0 Å². The number of carbonyl (C=O) groups is 3. The molecule has 0 radical (unpaired) electrons. The minimum Gasteiger partial charge on any atom is -0.465 e. The number of carbonyl (C=O) groups excluding carboxylic acids is 3. The van der Waals surface area contributed by atoms with Crippen LogP contribution in [0.2, 0.25) is 0 Å². The Hall–Kier alpha value is -3.49. The number of ether oxygens (including phenoxy) is 2. The summed E-state index contributed by atoms with van der Waals surface area (Å²) < 4.78 is 10.1. The van der Waals surface area contributed by atoms with Crippen molar-refractivity contribution in [3.8, 4) is 10.4 Å². The Balaban J connectivity index is 1.68. The van der Waals surface area contributed by atoms with E-state index in [2.05, 4.69) is 5.32 Å². The molecule has 4 rings (SSSR count). The van der Waals surface area contributed by atoms with Gasteiger partial charge < -0.3 is 19.7 Å². The van der Waals surface area contributed by atoms with Crippen molar-refractivity contribution < 1.29 is 23.9 Å². The van der Waals surface area contributed by atoms with Gasteiger partial charge in [-0.15, -0.1) is 11.3 Å². The second kappa shape index (κ2) is 9.97. The quantitative estimate of drug-likeness (QED) is 0.571. The monoisotopic (exact) mass is 464 g/mol. The van der Waals surface area contributed by atoms with E-state index >= 15 is 0 Å². The number of hydrogen-bond acceptors (Lipinski definition) is 6. The summed E-state index contributed by atoms with van der Waals surface area (Å²) in [5.74, 6) is -0.949. The molecule has 2 heterocycles. The summed E-state index contributed by atoms with van der Waals surface area (Å²) >= 11 is 1.38. The number of methoxy groups -OCH3 is 1. The first-order valence-electron chi connectivity index (χ1n) is 10.5. The zero-order valence-corrected chi connectivity index (χ0v) is 19.2. The third-order valence-corrected chi connectivity index (χ3v) is 6.75. The van der Waals surface area contributed by atoms with E-state index in [0.29, 0.717) is 48.0 Å². The van der Waals surface area contributed by atoms with Crippen LogP contribution in [0.1, 0.15) is 36.6 Å². The molecule has 0 aliphatic carbocycles. The summed E-state index contributed by atoms with van der Waals surface area (Å²) in [6, 6.07) is 16.0. The first-order valence-corrected chi connectivity index (χ1v) is 11.4. The van der Waals surface area contributed by atoms with Gasteiger partial charge in [-0.3, -0.25) is 9.59 Å². The molecule has 3 aromatic rings. The topological polar surface area (TPSA) is 84.9 Å². The van der Waals surface area contributed by atoms with Crippen molar-refractivity contribution in [2.24, 2.45) is 0 Å². The van der Waals surface area contributed by atoms with E-state index < -0.39 is 5.97 Å². The van der Waals surface area contributed by atoms with Gasteiger partial charge in [0.2, 0.25) is 0 Å². The average molecular weight is 465 g/mol. The Bertz CT molecular complexity index is 1170. The van der Waals surface area contributed by atoms with E-state index in [4.69, 9.17) is 9.47 Å². The zero-order valence-electron chi connectivity index (χ0n) is 18.4. The van der Waals surface area contributed by atoms with E-state index in [1.165, 1.54) is 30.6 Å². The molecule has 1 aliphatic heterocycles. The van der Waals surface area contributed by atoms with Gasteiger partial charge in [-0.05, 0) is 42.3 Å². The number of benzene rings is 2. The molecule has 1 N–H and O–H groups in total. The lowest BCUT2D eigenvalue weighted by atomic mass is 10.1. The standard InChI is InChI=1S/C25H24N2O5S/c1-16-20(24(29)27-12-14-32-15-13-27)23(33-21(16)17-6-4-3-5-7-17)26-22(28)18-8-10-19(11-9-18)25(30)31-2/h3-11H,12-15H2,1-2H3,(H,26,28). The van der Waals surface area contributed by atoms with Crippen LogP contribution in [-0.2, 0) is 9.47 Å². The van der Waals surface area contributed by atoms with Crippen molar-refractivity contribution in [2.75, 3.05) is 38.7 Å². The summed E-state index contributed by atoms with van der Waals surface area (Å²) in [4.78, 5) is 40.8. The maximum Gasteiger partial charge on any atom is 0.337 e. The molecule has 0 bridgehead atoms. The van der Waals surface area contributed by atoms with Crippen LogP contribution in [-0.4, -0.2) is 56.1 Å². The molecule has 33 heavy (non-hydrogen) atoms. The minimum atomic E-state index is -0.471. The minimum absolute atomic E-state index is 0.120. The van der Waals surface area contributed by atoms with Gasteiger partial charge in [-0.2, -0.15) is 0 Å². The molecule has 0 spiro atoms. The van der Waals surface area contributed by atoms with Crippen molar-refractivity contribution in [1.29, 1.82) is 0 Å². The second-order valence-electron chi connectivity index (χ2n) is 7.55. The molecule has 1 aliphatic rings. The lowest BCUT2D eigenvalue weighted by molar-refractivity contribution is 0.0303. The van der Waals surface area contributed by atoms with Crippen LogP contribution < -0.4 is 5.32 Å². The number of anilines is 1. The summed E-state index contributed by atoms with van der Waals surface area (Å²) in [5, 5.41) is 3.43. The molecule has 170 valence electrons. The van der Waals surface area contributed by atoms with Crippen LogP contribution in [0.3, 0.4) is 0 Å². The van der Waals surface area contributed by atoms with Gasteiger partial charge in [-0.25, -0.2) is 4.79 Å². The highest BCUT2D eigenvalue weighted by atomic mass is 32.1. The molecule has 1 aromatic heterocycles. The molecule has 1 saturated heterocycles. The van der Waals surface area contributed by atoms with Crippen LogP contribution in [0.25, 0.3) is 10.4 Å². The maximum atomic E-state index is 13.4. The van der Waals surface area contributed by atoms with Gasteiger partial charge in [0, 0.05) is 23.5 Å². The van der Waals surface area contributed by atoms with Crippen LogP contribution in [0.15, 0.2) is 54.6 Å². The number of thiophene rings is 1. The normalized spacial score (nSPS) is 13.5. The van der Waals surface area contributed by atoms with E-state index in [1.54, 1.807) is 17.0 Å². The summed E-state index contributed by atoms with van der Waals surface area (Å²) in [6.45, 7) is 3.92. The number of nitrogens with zero attached hydrogens (tertiary/aromatic N) is 1. The highest BCUT2D eigenvalue weighted by molar-refractivity contribution is 7.20. The second-order valence-corrected chi connectivity index (χ2v) is 8.57. The molecule has 7 nitrogen and oxygen atoms in total. The number of nitrogens with one attached hydrogen (secondary N) is 1. The first kappa shape index (κ1) is 22.7. The highest BCUT2D eigenvalue weighted by Gasteiger charge is 2.28. The van der Waals surface area contributed by atoms with Gasteiger partial charge in [-0.1, -0.05) is 30.3 Å². The molecule has 2 amide bonds. The van der Waals surface area contributed by atoms with Crippen LogP contribution >= 0.6 is 11.3 Å². The van der Waals surface area contributed by atoms with Gasteiger partial charge in [0.15, 0.2) is 0 Å². The Morgan fingerprint density at radius 1 is 0.970 bits per heavy atom. The molecular weight excluding hydrogens is 440 g/mol.